The molecule has 1 N–H and O–H groups in total. The number of rotatable bonds is 5. The summed E-state index contributed by atoms with van der Waals surface area (Å²) in [7, 11) is 1.80. The summed E-state index contributed by atoms with van der Waals surface area (Å²) < 4.78 is 5.40. The van der Waals surface area contributed by atoms with Crippen molar-refractivity contribution in [1.82, 2.24) is 4.98 Å². The molecule has 0 radical (unpaired) electrons. The molecule has 1 heterocycles. The van der Waals surface area contributed by atoms with Gasteiger partial charge in [-0.05, 0) is 31.9 Å². The number of hydrogen-bond acceptors (Lipinski definition) is 3. The molecule has 0 spiro atoms. The molecule has 3 rings (SSSR count). The standard InChI is InChI=1S/C17H22N2O/c1-13-10-16(14-6-3-4-7-15(14)19-13)18-11-17(12-20-2)8-5-9-17/h3-4,6-7,10H,5,8-9,11-12H2,1-2H3,(H,18,19). The number of aryl methyl sites for hydroxylation is 1. The van der Waals surface area contributed by atoms with Crippen LogP contribution in [0.25, 0.3) is 10.9 Å². The Labute approximate surface area is 120 Å². The minimum Gasteiger partial charge on any atom is -0.384 e. The van der Waals surface area contributed by atoms with E-state index >= 15 is 0 Å². The fraction of sp³-hybridized carbons (Fsp3) is 0.471. The van der Waals surface area contributed by atoms with Crippen molar-refractivity contribution in [2.24, 2.45) is 5.41 Å². The number of hydrogen-bond donors (Lipinski definition) is 1. The number of aromatic nitrogens is 1. The second-order valence-corrected chi connectivity index (χ2v) is 5.97. The molecule has 1 aliphatic rings. The Bertz CT molecular complexity index is 605. The second kappa shape index (κ2) is 5.41. The number of para-hydroxylation sites is 1. The minimum atomic E-state index is 0.326. The van der Waals surface area contributed by atoms with Crippen molar-refractivity contribution in [3.63, 3.8) is 0 Å². The number of anilines is 1. The van der Waals surface area contributed by atoms with Crippen molar-refractivity contribution < 1.29 is 4.74 Å². The predicted molar refractivity (Wildman–Crippen MR) is 83.1 cm³/mol. The van der Waals surface area contributed by atoms with Crippen molar-refractivity contribution in [3.8, 4) is 0 Å². The first kappa shape index (κ1) is 13.4. The number of nitrogens with zero attached hydrogens (tertiary/aromatic N) is 1. The number of nitrogens with one attached hydrogen (secondary N) is 1. The van der Waals surface area contributed by atoms with Gasteiger partial charge < -0.3 is 10.1 Å². The van der Waals surface area contributed by atoms with Gasteiger partial charge in [0.05, 0.1) is 12.1 Å². The van der Waals surface area contributed by atoms with Crippen LogP contribution in [0.4, 0.5) is 5.69 Å². The van der Waals surface area contributed by atoms with Crippen molar-refractivity contribution >= 4 is 16.6 Å². The molecule has 1 aliphatic carbocycles. The summed E-state index contributed by atoms with van der Waals surface area (Å²) in [6.07, 6.45) is 3.84. The van der Waals surface area contributed by atoms with E-state index in [2.05, 4.69) is 34.6 Å². The van der Waals surface area contributed by atoms with Crippen LogP contribution in [0.5, 0.6) is 0 Å². The molecule has 20 heavy (non-hydrogen) atoms. The monoisotopic (exact) mass is 270 g/mol. The molecular weight excluding hydrogens is 248 g/mol. The third-order valence-electron chi connectivity index (χ3n) is 4.36. The van der Waals surface area contributed by atoms with Crippen LogP contribution in [-0.2, 0) is 4.74 Å². The van der Waals surface area contributed by atoms with E-state index in [4.69, 9.17) is 4.74 Å². The molecule has 0 aliphatic heterocycles. The smallest absolute Gasteiger partial charge is 0.0725 e. The Morgan fingerprint density at radius 2 is 2.10 bits per heavy atom. The van der Waals surface area contributed by atoms with Crippen LogP contribution >= 0.6 is 0 Å². The van der Waals surface area contributed by atoms with Gasteiger partial charge in [-0.3, -0.25) is 4.98 Å². The van der Waals surface area contributed by atoms with Crippen LogP contribution in [-0.4, -0.2) is 25.2 Å². The Kier molecular flexibility index (Phi) is 3.62. The lowest BCUT2D eigenvalue weighted by Crippen LogP contribution is -2.40. The van der Waals surface area contributed by atoms with Gasteiger partial charge in [-0.2, -0.15) is 0 Å². The lowest BCUT2D eigenvalue weighted by molar-refractivity contribution is 0.0283. The molecule has 106 valence electrons. The van der Waals surface area contributed by atoms with E-state index in [-0.39, 0.29) is 0 Å². The zero-order valence-corrected chi connectivity index (χ0v) is 12.3. The van der Waals surface area contributed by atoms with Crippen molar-refractivity contribution in [2.75, 3.05) is 25.6 Å². The van der Waals surface area contributed by atoms with Crippen LogP contribution in [0, 0.1) is 12.3 Å². The highest BCUT2D eigenvalue weighted by molar-refractivity contribution is 5.91. The second-order valence-electron chi connectivity index (χ2n) is 5.97. The summed E-state index contributed by atoms with van der Waals surface area (Å²) >= 11 is 0. The lowest BCUT2D eigenvalue weighted by atomic mass is 9.69. The van der Waals surface area contributed by atoms with Crippen LogP contribution in [0.3, 0.4) is 0 Å². The van der Waals surface area contributed by atoms with Crippen molar-refractivity contribution in [2.45, 2.75) is 26.2 Å². The Morgan fingerprint density at radius 1 is 1.30 bits per heavy atom. The van der Waals surface area contributed by atoms with Crippen LogP contribution in [0.1, 0.15) is 25.0 Å². The summed E-state index contributed by atoms with van der Waals surface area (Å²) in [5.41, 5.74) is 3.63. The van der Waals surface area contributed by atoms with Crippen molar-refractivity contribution in [1.29, 1.82) is 0 Å². The molecule has 0 saturated heterocycles. The summed E-state index contributed by atoms with van der Waals surface area (Å²) in [5, 5.41) is 4.84. The van der Waals surface area contributed by atoms with E-state index in [9.17, 15) is 0 Å². The van der Waals surface area contributed by atoms with E-state index in [0.717, 1.165) is 24.4 Å². The van der Waals surface area contributed by atoms with Gasteiger partial charge in [-0.25, -0.2) is 0 Å². The van der Waals surface area contributed by atoms with Gasteiger partial charge in [0.2, 0.25) is 0 Å². The molecule has 0 atom stereocenters. The highest BCUT2D eigenvalue weighted by Gasteiger charge is 2.36. The quantitative estimate of drug-likeness (QED) is 0.898. The van der Waals surface area contributed by atoms with Crippen LogP contribution in [0.15, 0.2) is 30.3 Å². The van der Waals surface area contributed by atoms with Crippen molar-refractivity contribution in [3.05, 3.63) is 36.0 Å². The van der Waals surface area contributed by atoms with Crippen LogP contribution in [0.2, 0.25) is 0 Å². The highest BCUT2D eigenvalue weighted by Crippen LogP contribution is 2.41. The summed E-state index contributed by atoms with van der Waals surface area (Å²) in [6, 6.07) is 10.5. The average molecular weight is 270 g/mol. The molecule has 2 aromatic rings. The van der Waals surface area contributed by atoms with E-state index in [1.807, 2.05) is 13.0 Å². The van der Waals surface area contributed by atoms with Gasteiger partial charge in [0.15, 0.2) is 0 Å². The molecule has 1 saturated carbocycles. The number of ether oxygens (including phenoxy) is 1. The number of benzene rings is 1. The molecule has 0 bridgehead atoms. The third kappa shape index (κ3) is 2.50. The van der Waals surface area contributed by atoms with E-state index in [1.165, 1.54) is 30.3 Å². The zero-order chi connectivity index (χ0) is 14.0. The van der Waals surface area contributed by atoms with Crippen LogP contribution < -0.4 is 5.32 Å². The fourth-order valence-corrected chi connectivity index (χ4v) is 3.09. The predicted octanol–water partition coefficient (Wildman–Crippen LogP) is 3.77. The van der Waals surface area contributed by atoms with E-state index in [1.54, 1.807) is 7.11 Å². The molecular formula is C17H22N2O. The van der Waals surface area contributed by atoms with Gasteiger partial charge in [0.1, 0.15) is 0 Å². The molecule has 0 amide bonds. The molecule has 3 nitrogen and oxygen atoms in total. The molecule has 1 fully saturated rings. The van der Waals surface area contributed by atoms with Gasteiger partial charge in [0.25, 0.3) is 0 Å². The van der Waals surface area contributed by atoms with Gasteiger partial charge in [0, 0.05) is 35.8 Å². The lowest BCUT2D eigenvalue weighted by Gasteiger charge is -2.41. The average Bonchev–Trinajstić information content (AvgIpc) is 2.41. The molecule has 1 aromatic heterocycles. The Hall–Kier alpha value is -1.61. The summed E-state index contributed by atoms with van der Waals surface area (Å²) in [5.74, 6) is 0. The third-order valence-corrected chi connectivity index (χ3v) is 4.36. The first-order chi connectivity index (χ1) is 9.72. The Balaban J connectivity index is 1.83. The molecule has 1 aromatic carbocycles. The van der Waals surface area contributed by atoms with Gasteiger partial charge in [-0.15, -0.1) is 0 Å². The molecule has 0 unspecified atom stereocenters. The largest absolute Gasteiger partial charge is 0.384 e. The van der Waals surface area contributed by atoms with Gasteiger partial charge in [-0.1, -0.05) is 24.6 Å². The topological polar surface area (TPSA) is 34.1 Å². The van der Waals surface area contributed by atoms with Gasteiger partial charge >= 0.3 is 0 Å². The summed E-state index contributed by atoms with van der Waals surface area (Å²) in [4.78, 5) is 4.59. The number of fused-ring (bicyclic) bond motifs is 1. The number of pyridine rings is 1. The Morgan fingerprint density at radius 3 is 2.80 bits per heavy atom. The normalized spacial score (nSPS) is 16.9. The highest BCUT2D eigenvalue weighted by atomic mass is 16.5. The maximum absolute atomic E-state index is 5.40. The number of methoxy groups -OCH3 is 1. The maximum atomic E-state index is 5.40. The SMILES string of the molecule is COCC1(CNc2cc(C)nc3ccccc23)CCC1. The zero-order valence-electron chi connectivity index (χ0n) is 12.3. The maximum Gasteiger partial charge on any atom is 0.0725 e. The van der Waals surface area contributed by atoms with E-state index in [0.29, 0.717) is 5.41 Å². The fourth-order valence-electron chi connectivity index (χ4n) is 3.09. The summed E-state index contributed by atoms with van der Waals surface area (Å²) in [6.45, 7) is 3.88. The van der Waals surface area contributed by atoms with E-state index < -0.39 is 0 Å². The minimum absolute atomic E-state index is 0.326. The first-order valence-corrected chi connectivity index (χ1v) is 7.32. The molecule has 3 heteroatoms. The first-order valence-electron chi connectivity index (χ1n) is 7.32.